The van der Waals surface area contributed by atoms with Gasteiger partial charge in [-0.1, -0.05) is 24.3 Å². The maximum absolute atomic E-state index is 5.40. The molecule has 3 rings (SSSR count). The Hall–Kier alpha value is -0.860. The highest BCUT2D eigenvalue weighted by molar-refractivity contribution is 5.40. The summed E-state index contributed by atoms with van der Waals surface area (Å²) in [7, 11) is 1.83. The zero-order chi connectivity index (χ0) is 11.7. The van der Waals surface area contributed by atoms with Crippen LogP contribution >= 0.6 is 0 Å². The summed E-state index contributed by atoms with van der Waals surface area (Å²) in [5.74, 6) is 0.743. The van der Waals surface area contributed by atoms with Crippen LogP contribution in [0.2, 0.25) is 0 Å². The van der Waals surface area contributed by atoms with Crippen LogP contribution in [0, 0.1) is 0 Å². The Balaban J connectivity index is 1.48. The molecule has 92 valence electrons. The first-order chi connectivity index (χ1) is 8.36. The molecule has 0 aromatic heterocycles. The van der Waals surface area contributed by atoms with Crippen LogP contribution in [0.15, 0.2) is 24.3 Å². The van der Waals surface area contributed by atoms with E-state index in [1.807, 2.05) is 7.11 Å². The zero-order valence-corrected chi connectivity index (χ0v) is 10.5. The van der Waals surface area contributed by atoms with Crippen molar-refractivity contribution in [3.05, 3.63) is 35.4 Å². The van der Waals surface area contributed by atoms with E-state index in [9.17, 15) is 0 Å². The molecule has 3 unspecified atom stereocenters. The quantitative estimate of drug-likeness (QED) is 0.859. The van der Waals surface area contributed by atoms with E-state index < -0.39 is 0 Å². The molecule has 2 aliphatic carbocycles. The van der Waals surface area contributed by atoms with Gasteiger partial charge in [-0.15, -0.1) is 0 Å². The molecule has 2 aliphatic rings. The highest BCUT2D eigenvalue weighted by Gasteiger charge is 2.28. The van der Waals surface area contributed by atoms with E-state index in [1.54, 1.807) is 11.1 Å². The Labute approximate surface area is 103 Å². The maximum Gasteiger partial charge on any atom is 0.0586 e. The first-order valence-corrected chi connectivity index (χ1v) is 6.71. The van der Waals surface area contributed by atoms with E-state index in [4.69, 9.17) is 4.74 Å². The van der Waals surface area contributed by atoms with Gasteiger partial charge in [0.1, 0.15) is 0 Å². The largest absolute Gasteiger partial charge is 0.381 e. The fourth-order valence-electron chi connectivity index (χ4n) is 3.19. The van der Waals surface area contributed by atoms with Crippen molar-refractivity contribution in [3.63, 3.8) is 0 Å². The monoisotopic (exact) mass is 231 g/mol. The molecule has 1 saturated carbocycles. The van der Waals surface area contributed by atoms with Crippen LogP contribution in [0.5, 0.6) is 0 Å². The molecule has 0 heterocycles. The number of benzene rings is 1. The number of ether oxygens (including phenoxy) is 1. The SMILES string of the molecule is COC1CCC(NCC2Cc3ccccc32)C1. The third kappa shape index (κ3) is 2.24. The average Bonchev–Trinajstić information content (AvgIpc) is 2.78. The second-order valence-electron chi connectivity index (χ2n) is 5.38. The van der Waals surface area contributed by atoms with Crippen molar-refractivity contribution in [2.24, 2.45) is 0 Å². The molecule has 0 radical (unpaired) electrons. The number of rotatable bonds is 4. The van der Waals surface area contributed by atoms with Crippen LogP contribution in [-0.2, 0) is 11.2 Å². The lowest BCUT2D eigenvalue weighted by molar-refractivity contribution is 0.107. The van der Waals surface area contributed by atoms with Gasteiger partial charge in [0.2, 0.25) is 0 Å². The predicted molar refractivity (Wildman–Crippen MR) is 69.3 cm³/mol. The molecule has 0 spiro atoms. The smallest absolute Gasteiger partial charge is 0.0586 e. The summed E-state index contributed by atoms with van der Waals surface area (Å²) in [5, 5.41) is 3.71. The highest BCUT2D eigenvalue weighted by Crippen LogP contribution is 2.34. The molecule has 0 aliphatic heterocycles. The second kappa shape index (κ2) is 4.79. The van der Waals surface area contributed by atoms with E-state index in [-0.39, 0.29) is 0 Å². The summed E-state index contributed by atoms with van der Waals surface area (Å²) in [4.78, 5) is 0. The fraction of sp³-hybridized carbons (Fsp3) is 0.600. The van der Waals surface area contributed by atoms with Gasteiger partial charge in [-0.3, -0.25) is 0 Å². The minimum absolute atomic E-state index is 0.487. The minimum atomic E-state index is 0.487. The van der Waals surface area contributed by atoms with E-state index >= 15 is 0 Å². The number of hydrogen-bond acceptors (Lipinski definition) is 2. The Kier molecular flexibility index (Phi) is 3.17. The van der Waals surface area contributed by atoms with E-state index in [0.29, 0.717) is 12.1 Å². The minimum Gasteiger partial charge on any atom is -0.381 e. The third-order valence-corrected chi connectivity index (χ3v) is 4.33. The average molecular weight is 231 g/mol. The van der Waals surface area contributed by atoms with Crippen molar-refractivity contribution in [3.8, 4) is 0 Å². The van der Waals surface area contributed by atoms with Crippen LogP contribution in [0.1, 0.15) is 36.3 Å². The molecule has 1 aromatic rings. The van der Waals surface area contributed by atoms with Crippen LogP contribution in [0.25, 0.3) is 0 Å². The van der Waals surface area contributed by atoms with Crippen molar-refractivity contribution in [1.29, 1.82) is 0 Å². The first-order valence-electron chi connectivity index (χ1n) is 6.71. The van der Waals surface area contributed by atoms with Crippen molar-refractivity contribution in [2.45, 2.75) is 43.7 Å². The van der Waals surface area contributed by atoms with E-state index in [0.717, 1.165) is 12.5 Å². The van der Waals surface area contributed by atoms with E-state index in [1.165, 1.54) is 25.7 Å². The van der Waals surface area contributed by atoms with Gasteiger partial charge in [0.15, 0.2) is 0 Å². The van der Waals surface area contributed by atoms with Crippen molar-refractivity contribution < 1.29 is 4.74 Å². The molecule has 1 aromatic carbocycles. The van der Waals surface area contributed by atoms with Gasteiger partial charge in [0.25, 0.3) is 0 Å². The van der Waals surface area contributed by atoms with Crippen LogP contribution in [0.3, 0.4) is 0 Å². The molecule has 2 nitrogen and oxygen atoms in total. The topological polar surface area (TPSA) is 21.3 Å². The number of fused-ring (bicyclic) bond motifs is 1. The summed E-state index contributed by atoms with van der Waals surface area (Å²) >= 11 is 0. The van der Waals surface area contributed by atoms with Crippen LogP contribution < -0.4 is 5.32 Å². The third-order valence-electron chi connectivity index (χ3n) is 4.33. The van der Waals surface area contributed by atoms with Gasteiger partial charge >= 0.3 is 0 Å². The van der Waals surface area contributed by atoms with Gasteiger partial charge in [-0.05, 0) is 36.8 Å². The van der Waals surface area contributed by atoms with Crippen molar-refractivity contribution in [2.75, 3.05) is 13.7 Å². The maximum atomic E-state index is 5.40. The summed E-state index contributed by atoms with van der Waals surface area (Å²) < 4.78 is 5.40. The molecular weight excluding hydrogens is 210 g/mol. The zero-order valence-electron chi connectivity index (χ0n) is 10.5. The van der Waals surface area contributed by atoms with Crippen molar-refractivity contribution in [1.82, 2.24) is 5.32 Å². The lowest BCUT2D eigenvalue weighted by Gasteiger charge is -2.31. The number of nitrogens with one attached hydrogen (secondary N) is 1. The van der Waals surface area contributed by atoms with Crippen LogP contribution in [-0.4, -0.2) is 25.8 Å². The Morgan fingerprint density at radius 2 is 2.18 bits per heavy atom. The summed E-state index contributed by atoms with van der Waals surface area (Å²) in [6, 6.07) is 9.50. The van der Waals surface area contributed by atoms with Gasteiger partial charge in [-0.25, -0.2) is 0 Å². The number of hydrogen-bond donors (Lipinski definition) is 1. The highest BCUT2D eigenvalue weighted by atomic mass is 16.5. The molecular formula is C15H21NO. The molecule has 0 bridgehead atoms. The molecule has 0 saturated heterocycles. The van der Waals surface area contributed by atoms with Gasteiger partial charge in [0, 0.05) is 25.6 Å². The number of methoxy groups -OCH3 is 1. The molecule has 2 heteroatoms. The molecule has 1 N–H and O–H groups in total. The summed E-state index contributed by atoms with van der Waals surface area (Å²) in [5.41, 5.74) is 3.10. The second-order valence-corrected chi connectivity index (χ2v) is 5.38. The summed E-state index contributed by atoms with van der Waals surface area (Å²) in [6.07, 6.45) is 5.41. The fourth-order valence-corrected chi connectivity index (χ4v) is 3.19. The molecule has 1 fully saturated rings. The predicted octanol–water partition coefficient (Wildman–Crippen LogP) is 2.48. The standard InChI is InChI=1S/C15H21NO/c1-17-14-7-6-13(9-14)16-10-12-8-11-4-2-3-5-15(11)12/h2-5,12-14,16H,6-10H2,1H3. The first kappa shape index (κ1) is 11.2. The van der Waals surface area contributed by atoms with Gasteiger partial charge in [-0.2, -0.15) is 0 Å². The Morgan fingerprint density at radius 3 is 2.94 bits per heavy atom. The molecule has 17 heavy (non-hydrogen) atoms. The Bertz CT molecular complexity index is 390. The molecule has 0 amide bonds. The lowest BCUT2D eigenvalue weighted by atomic mass is 9.77. The van der Waals surface area contributed by atoms with Crippen LogP contribution in [0.4, 0.5) is 0 Å². The molecule has 3 atom stereocenters. The summed E-state index contributed by atoms with van der Waals surface area (Å²) in [6.45, 7) is 1.14. The Morgan fingerprint density at radius 1 is 1.29 bits per heavy atom. The lowest BCUT2D eigenvalue weighted by Crippen LogP contribution is -2.35. The van der Waals surface area contributed by atoms with E-state index in [2.05, 4.69) is 29.6 Å². The van der Waals surface area contributed by atoms with Gasteiger partial charge < -0.3 is 10.1 Å². The van der Waals surface area contributed by atoms with Crippen molar-refractivity contribution >= 4 is 0 Å². The normalized spacial score (nSPS) is 31.0. The van der Waals surface area contributed by atoms with Gasteiger partial charge in [0.05, 0.1) is 6.10 Å².